The second-order valence-corrected chi connectivity index (χ2v) is 5.67. The lowest BCUT2D eigenvalue weighted by molar-refractivity contribution is 0.277. The zero-order valence-corrected chi connectivity index (χ0v) is 10.2. The minimum Gasteiger partial charge on any atom is -0.508 e. The van der Waals surface area contributed by atoms with Crippen molar-refractivity contribution < 1.29 is 5.11 Å². The van der Waals surface area contributed by atoms with Crippen LogP contribution in [-0.4, -0.2) is 11.1 Å². The highest BCUT2D eigenvalue weighted by Crippen LogP contribution is 2.41. The second kappa shape index (κ2) is 4.34. The molecular weight excluding hydrogens is 210 g/mol. The number of nitrogens with two attached hydrogens (primary N) is 1. The van der Waals surface area contributed by atoms with Crippen molar-refractivity contribution in [1.29, 1.82) is 0 Å². The summed E-state index contributed by atoms with van der Waals surface area (Å²) >= 11 is 0. The summed E-state index contributed by atoms with van der Waals surface area (Å²) in [6.07, 6.45) is 7.52. The lowest BCUT2D eigenvalue weighted by atomic mass is 9.68. The molecule has 2 unspecified atom stereocenters. The summed E-state index contributed by atoms with van der Waals surface area (Å²) in [5, 5.41) is 9.66. The molecule has 1 fully saturated rings. The molecule has 92 valence electrons. The van der Waals surface area contributed by atoms with Gasteiger partial charge >= 0.3 is 0 Å². The van der Waals surface area contributed by atoms with Crippen molar-refractivity contribution in [3.05, 3.63) is 29.3 Å². The normalized spacial score (nSPS) is 32.4. The first-order valence-electron chi connectivity index (χ1n) is 6.83. The minimum absolute atomic E-state index is 0.296. The van der Waals surface area contributed by atoms with E-state index in [2.05, 4.69) is 6.07 Å². The molecule has 0 radical (unpaired) electrons. The molecule has 2 bridgehead atoms. The second-order valence-electron chi connectivity index (χ2n) is 5.67. The highest BCUT2D eigenvalue weighted by atomic mass is 16.3. The maximum absolute atomic E-state index is 9.66. The fourth-order valence-corrected chi connectivity index (χ4v) is 3.66. The molecule has 2 aliphatic carbocycles. The number of hydrogen-bond donors (Lipinski definition) is 2. The summed E-state index contributed by atoms with van der Waals surface area (Å²) in [4.78, 5) is 0. The van der Waals surface area contributed by atoms with Gasteiger partial charge < -0.3 is 10.8 Å². The van der Waals surface area contributed by atoms with E-state index in [0.29, 0.717) is 23.6 Å². The quantitative estimate of drug-likeness (QED) is 0.721. The van der Waals surface area contributed by atoms with Gasteiger partial charge in [-0.05, 0) is 54.4 Å². The molecule has 2 nitrogen and oxygen atoms in total. The molecule has 0 spiro atoms. The number of rotatable bonds is 0. The number of phenolic OH excluding ortho intramolecular Hbond substituents is 1. The number of benzene rings is 1. The number of fused-ring (bicyclic) bond motifs is 4. The SMILES string of the molecule is N[C@@H]1C2CCCCCC1c1cc(O)ccc1C2. The molecular formula is C15H21NO. The molecule has 0 amide bonds. The van der Waals surface area contributed by atoms with Gasteiger partial charge in [-0.25, -0.2) is 0 Å². The van der Waals surface area contributed by atoms with Crippen molar-refractivity contribution in [3.8, 4) is 5.75 Å². The van der Waals surface area contributed by atoms with Crippen molar-refractivity contribution in [1.82, 2.24) is 0 Å². The third kappa shape index (κ3) is 1.95. The molecule has 0 aliphatic heterocycles. The maximum Gasteiger partial charge on any atom is 0.115 e. The van der Waals surface area contributed by atoms with Crippen LogP contribution in [0.15, 0.2) is 18.2 Å². The predicted molar refractivity (Wildman–Crippen MR) is 69.1 cm³/mol. The van der Waals surface area contributed by atoms with Gasteiger partial charge in [0, 0.05) is 6.04 Å². The third-order valence-electron chi connectivity index (χ3n) is 4.61. The van der Waals surface area contributed by atoms with Crippen LogP contribution in [0.2, 0.25) is 0 Å². The summed E-state index contributed by atoms with van der Waals surface area (Å²) in [5.74, 6) is 1.50. The molecule has 3 rings (SSSR count). The molecule has 0 saturated heterocycles. The van der Waals surface area contributed by atoms with E-state index in [4.69, 9.17) is 5.73 Å². The van der Waals surface area contributed by atoms with Crippen LogP contribution >= 0.6 is 0 Å². The molecule has 1 saturated carbocycles. The Labute approximate surface area is 103 Å². The van der Waals surface area contributed by atoms with Crippen LogP contribution in [0.25, 0.3) is 0 Å². The van der Waals surface area contributed by atoms with E-state index in [9.17, 15) is 5.11 Å². The third-order valence-corrected chi connectivity index (χ3v) is 4.61. The van der Waals surface area contributed by atoms with E-state index in [1.807, 2.05) is 12.1 Å². The van der Waals surface area contributed by atoms with Crippen LogP contribution in [0.5, 0.6) is 5.75 Å². The van der Waals surface area contributed by atoms with Crippen molar-refractivity contribution in [3.63, 3.8) is 0 Å². The van der Waals surface area contributed by atoms with Crippen molar-refractivity contribution in [2.75, 3.05) is 0 Å². The molecule has 3 N–H and O–H groups in total. The summed E-state index contributed by atoms with van der Waals surface area (Å²) < 4.78 is 0. The monoisotopic (exact) mass is 231 g/mol. The van der Waals surface area contributed by atoms with E-state index in [1.54, 1.807) is 0 Å². The smallest absolute Gasteiger partial charge is 0.115 e. The minimum atomic E-state index is 0.296. The molecule has 2 aliphatic rings. The van der Waals surface area contributed by atoms with Gasteiger partial charge in [-0.1, -0.05) is 25.3 Å². The van der Waals surface area contributed by atoms with Crippen LogP contribution < -0.4 is 5.73 Å². The van der Waals surface area contributed by atoms with E-state index < -0.39 is 0 Å². The molecule has 3 atom stereocenters. The lowest BCUT2D eigenvalue weighted by Gasteiger charge is -2.39. The molecule has 1 aromatic rings. The van der Waals surface area contributed by atoms with Gasteiger partial charge in [0.2, 0.25) is 0 Å². The molecule has 1 aromatic carbocycles. The highest BCUT2D eigenvalue weighted by molar-refractivity contribution is 5.40. The average Bonchev–Trinajstić information content (AvgIpc) is 2.32. The highest BCUT2D eigenvalue weighted by Gasteiger charge is 2.34. The zero-order chi connectivity index (χ0) is 11.8. The fraction of sp³-hybridized carbons (Fsp3) is 0.600. The van der Waals surface area contributed by atoms with Crippen LogP contribution in [0.1, 0.15) is 49.1 Å². The summed E-state index contributed by atoms with van der Waals surface area (Å²) in [6.45, 7) is 0. The van der Waals surface area contributed by atoms with E-state index in [-0.39, 0.29) is 0 Å². The number of hydrogen-bond acceptors (Lipinski definition) is 2. The Morgan fingerprint density at radius 1 is 1.12 bits per heavy atom. The largest absolute Gasteiger partial charge is 0.508 e. The summed E-state index contributed by atoms with van der Waals surface area (Å²) in [7, 11) is 0. The average molecular weight is 231 g/mol. The van der Waals surface area contributed by atoms with Gasteiger partial charge in [0.1, 0.15) is 5.75 Å². The Balaban J connectivity index is 2.02. The summed E-state index contributed by atoms with van der Waals surface area (Å²) in [5.41, 5.74) is 9.17. The van der Waals surface area contributed by atoms with Crippen LogP contribution in [0.3, 0.4) is 0 Å². The Hall–Kier alpha value is -1.02. The van der Waals surface area contributed by atoms with E-state index in [1.165, 1.54) is 43.2 Å². The van der Waals surface area contributed by atoms with Gasteiger partial charge in [-0.2, -0.15) is 0 Å². The van der Waals surface area contributed by atoms with Gasteiger partial charge in [-0.15, -0.1) is 0 Å². The number of aromatic hydroxyl groups is 1. The van der Waals surface area contributed by atoms with Gasteiger partial charge in [0.15, 0.2) is 0 Å². The number of phenols is 1. The molecule has 0 heterocycles. The topological polar surface area (TPSA) is 46.2 Å². The predicted octanol–water partition coefficient (Wildman–Crippen LogP) is 2.94. The fourth-order valence-electron chi connectivity index (χ4n) is 3.66. The Morgan fingerprint density at radius 2 is 1.94 bits per heavy atom. The Kier molecular flexibility index (Phi) is 2.83. The van der Waals surface area contributed by atoms with Crippen molar-refractivity contribution in [2.24, 2.45) is 11.7 Å². The first-order valence-corrected chi connectivity index (χ1v) is 6.83. The Morgan fingerprint density at radius 3 is 2.82 bits per heavy atom. The Bertz CT molecular complexity index is 415. The van der Waals surface area contributed by atoms with Gasteiger partial charge in [-0.3, -0.25) is 0 Å². The standard InChI is InChI=1S/C15H21NO/c16-15-11-4-2-1-3-5-13(15)14-9-12(17)7-6-10(14)8-11/h6-7,9,11,13,15,17H,1-5,8,16H2/t11?,13?,15-/m1/s1. The van der Waals surface area contributed by atoms with Crippen LogP contribution in [-0.2, 0) is 6.42 Å². The zero-order valence-electron chi connectivity index (χ0n) is 10.2. The summed E-state index contributed by atoms with van der Waals surface area (Å²) in [6, 6.07) is 6.15. The molecule has 0 aromatic heterocycles. The molecule has 17 heavy (non-hydrogen) atoms. The van der Waals surface area contributed by atoms with Gasteiger partial charge in [0.25, 0.3) is 0 Å². The van der Waals surface area contributed by atoms with Crippen molar-refractivity contribution in [2.45, 2.75) is 50.5 Å². The van der Waals surface area contributed by atoms with Crippen molar-refractivity contribution >= 4 is 0 Å². The van der Waals surface area contributed by atoms with E-state index in [0.717, 1.165) is 6.42 Å². The molecule has 2 heteroatoms. The maximum atomic E-state index is 9.66. The lowest BCUT2D eigenvalue weighted by Crippen LogP contribution is -2.42. The van der Waals surface area contributed by atoms with Crippen LogP contribution in [0.4, 0.5) is 0 Å². The van der Waals surface area contributed by atoms with Crippen LogP contribution in [0, 0.1) is 5.92 Å². The first-order chi connectivity index (χ1) is 8.25. The van der Waals surface area contributed by atoms with E-state index >= 15 is 0 Å². The first kappa shape index (κ1) is 11.1. The van der Waals surface area contributed by atoms with Gasteiger partial charge in [0.05, 0.1) is 0 Å².